The molecule has 0 aromatic rings. The average Bonchev–Trinajstić information content (AvgIpc) is 2.41. The second-order valence-electron chi connectivity index (χ2n) is 8.59. The van der Waals surface area contributed by atoms with Gasteiger partial charge in [-0.1, -0.05) is 39.3 Å². The van der Waals surface area contributed by atoms with Gasteiger partial charge in [0, 0.05) is 5.41 Å². The van der Waals surface area contributed by atoms with Crippen molar-refractivity contribution in [2.24, 2.45) is 28.1 Å². The zero-order chi connectivity index (χ0) is 14.6. The summed E-state index contributed by atoms with van der Waals surface area (Å²) in [5.74, 6) is 1.40. The molecule has 3 saturated carbocycles. The normalized spacial score (nSPS) is 52.0. The van der Waals surface area contributed by atoms with E-state index in [1.165, 1.54) is 56.8 Å². The molecule has 3 rings (SSSR count). The van der Waals surface area contributed by atoms with Crippen LogP contribution in [-0.2, 0) is 4.79 Å². The minimum absolute atomic E-state index is 0.0740. The fraction of sp³-hybridized carbons (Fsp3) is 0.842. The molecule has 0 bridgehead atoms. The number of aldehydes is 1. The Morgan fingerprint density at radius 2 is 1.85 bits per heavy atom. The van der Waals surface area contributed by atoms with E-state index in [1.54, 1.807) is 0 Å². The maximum atomic E-state index is 11.8. The largest absolute Gasteiger partial charge is 0.303 e. The lowest BCUT2D eigenvalue weighted by Crippen LogP contribution is -2.59. The molecule has 3 aliphatic carbocycles. The number of carbonyl (C=O) groups is 1. The van der Waals surface area contributed by atoms with Gasteiger partial charge in [-0.2, -0.15) is 0 Å². The van der Waals surface area contributed by atoms with E-state index in [2.05, 4.69) is 27.4 Å². The highest BCUT2D eigenvalue weighted by atomic mass is 16.1. The number of fused-ring (bicyclic) bond motifs is 3. The third-order valence-electron chi connectivity index (χ3n) is 7.79. The minimum atomic E-state index is -0.0740. The van der Waals surface area contributed by atoms with Crippen LogP contribution < -0.4 is 0 Å². The summed E-state index contributed by atoms with van der Waals surface area (Å²) in [7, 11) is 0. The summed E-state index contributed by atoms with van der Waals surface area (Å²) < 4.78 is 0. The van der Waals surface area contributed by atoms with Gasteiger partial charge in [0.05, 0.1) is 0 Å². The van der Waals surface area contributed by atoms with Gasteiger partial charge in [-0.25, -0.2) is 0 Å². The Kier molecular flexibility index (Phi) is 3.19. The van der Waals surface area contributed by atoms with Crippen molar-refractivity contribution in [1.82, 2.24) is 0 Å². The molecule has 0 amide bonds. The Bertz CT molecular complexity index is 439. The molecule has 20 heavy (non-hydrogen) atoms. The van der Waals surface area contributed by atoms with Crippen LogP contribution >= 0.6 is 0 Å². The van der Waals surface area contributed by atoms with Crippen molar-refractivity contribution in [3.63, 3.8) is 0 Å². The molecule has 0 aromatic carbocycles. The Hall–Kier alpha value is -0.590. The molecule has 3 fully saturated rings. The van der Waals surface area contributed by atoms with Crippen molar-refractivity contribution >= 4 is 6.29 Å². The van der Waals surface area contributed by atoms with Gasteiger partial charge in [-0.15, -0.1) is 0 Å². The fourth-order valence-electron chi connectivity index (χ4n) is 6.24. The third-order valence-corrected chi connectivity index (χ3v) is 7.79. The van der Waals surface area contributed by atoms with Gasteiger partial charge in [0.2, 0.25) is 0 Å². The summed E-state index contributed by atoms with van der Waals surface area (Å²) in [6.45, 7) is 11.5. The first-order chi connectivity index (χ1) is 9.36. The maximum Gasteiger partial charge on any atom is 0.126 e. The molecule has 0 radical (unpaired) electrons. The molecule has 0 aromatic heterocycles. The minimum Gasteiger partial charge on any atom is -0.303 e. The molecule has 5 atom stereocenters. The molecule has 0 N–H and O–H groups in total. The van der Waals surface area contributed by atoms with Crippen LogP contribution in [0.2, 0.25) is 0 Å². The van der Waals surface area contributed by atoms with E-state index in [0.29, 0.717) is 16.7 Å². The van der Waals surface area contributed by atoms with Gasteiger partial charge < -0.3 is 4.79 Å². The molecular weight excluding hydrogens is 244 g/mol. The Morgan fingerprint density at radius 1 is 1.10 bits per heavy atom. The van der Waals surface area contributed by atoms with Gasteiger partial charge in [0.15, 0.2) is 0 Å². The van der Waals surface area contributed by atoms with E-state index < -0.39 is 0 Å². The van der Waals surface area contributed by atoms with Crippen molar-refractivity contribution in [3.8, 4) is 0 Å². The van der Waals surface area contributed by atoms with Crippen molar-refractivity contribution in [3.05, 3.63) is 12.2 Å². The molecule has 0 aliphatic heterocycles. The van der Waals surface area contributed by atoms with Crippen molar-refractivity contribution in [2.45, 2.75) is 72.1 Å². The van der Waals surface area contributed by atoms with E-state index in [0.717, 1.165) is 12.3 Å². The van der Waals surface area contributed by atoms with Crippen LogP contribution in [0.4, 0.5) is 0 Å². The van der Waals surface area contributed by atoms with E-state index >= 15 is 0 Å². The molecule has 0 saturated heterocycles. The van der Waals surface area contributed by atoms with Crippen LogP contribution in [0.3, 0.4) is 0 Å². The highest BCUT2D eigenvalue weighted by Crippen LogP contribution is 2.69. The lowest BCUT2D eigenvalue weighted by Gasteiger charge is -2.65. The fourth-order valence-corrected chi connectivity index (χ4v) is 6.24. The average molecular weight is 274 g/mol. The zero-order valence-corrected chi connectivity index (χ0v) is 13.5. The van der Waals surface area contributed by atoms with Gasteiger partial charge in [0.25, 0.3) is 0 Å². The number of carbonyl (C=O) groups excluding carboxylic acids is 1. The quantitative estimate of drug-likeness (QED) is 0.477. The maximum absolute atomic E-state index is 11.8. The van der Waals surface area contributed by atoms with Crippen molar-refractivity contribution in [2.75, 3.05) is 0 Å². The van der Waals surface area contributed by atoms with Crippen LogP contribution in [0.1, 0.15) is 72.1 Å². The molecule has 3 aliphatic rings. The van der Waals surface area contributed by atoms with Crippen LogP contribution in [0.25, 0.3) is 0 Å². The van der Waals surface area contributed by atoms with E-state index in [1.807, 2.05) is 0 Å². The van der Waals surface area contributed by atoms with Crippen LogP contribution in [0.5, 0.6) is 0 Å². The summed E-state index contributed by atoms with van der Waals surface area (Å²) in [6.07, 6.45) is 11.2. The first kappa shape index (κ1) is 14.4. The Labute approximate surface area is 124 Å². The molecule has 1 heteroatoms. The number of hydrogen-bond donors (Lipinski definition) is 0. The van der Waals surface area contributed by atoms with Crippen molar-refractivity contribution in [1.29, 1.82) is 0 Å². The molecule has 0 spiro atoms. The first-order valence-corrected chi connectivity index (χ1v) is 8.49. The summed E-state index contributed by atoms with van der Waals surface area (Å²) in [4.78, 5) is 11.8. The monoisotopic (exact) mass is 274 g/mol. The Balaban J connectivity index is 2.01. The molecule has 112 valence electrons. The number of rotatable bonds is 1. The van der Waals surface area contributed by atoms with Crippen LogP contribution in [0, 0.1) is 28.1 Å². The SMILES string of the molecule is C=C1CCC2(C)C(CCC3C(C)(C=O)CCCC32C)C1. The molecule has 1 nitrogen and oxygen atoms in total. The van der Waals surface area contributed by atoms with Gasteiger partial charge in [-0.05, 0) is 67.6 Å². The predicted molar refractivity (Wildman–Crippen MR) is 83.4 cm³/mol. The topological polar surface area (TPSA) is 17.1 Å². The van der Waals surface area contributed by atoms with Gasteiger partial charge >= 0.3 is 0 Å². The molecular formula is C19H30O. The lowest BCUT2D eigenvalue weighted by molar-refractivity contribution is -0.167. The highest BCUT2D eigenvalue weighted by molar-refractivity contribution is 5.60. The van der Waals surface area contributed by atoms with Crippen molar-refractivity contribution < 1.29 is 4.79 Å². The summed E-state index contributed by atoms with van der Waals surface area (Å²) in [6, 6.07) is 0. The third kappa shape index (κ3) is 1.71. The lowest BCUT2D eigenvalue weighted by atomic mass is 9.39. The standard InChI is InChI=1S/C19H30O/c1-14-8-11-18(3)15(12-14)6-7-16-17(2,13-20)9-5-10-19(16,18)4/h13,15-16H,1,5-12H2,2-4H3. The van der Waals surface area contributed by atoms with E-state index in [-0.39, 0.29) is 5.41 Å². The molecule has 0 heterocycles. The number of hydrogen-bond acceptors (Lipinski definition) is 1. The Morgan fingerprint density at radius 3 is 2.55 bits per heavy atom. The summed E-state index contributed by atoms with van der Waals surface area (Å²) in [5.41, 5.74) is 2.16. The zero-order valence-electron chi connectivity index (χ0n) is 13.5. The van der Waals surface area contributed by atoms with E-state index in [9.17, 15) is 4.79 Å². The summed E-state index contributed by atoms with van der Waals surface area (Å²) >= 11 is 0. The predicted octanol–water partition coefficient (Wildman–Crippen LogP) is 5.15. The second-order valence-corrected chi connectivity index (χ2v) is 8.59. The first-order valence-electron chi connectivity index (χ1n) is 8.49. The van der Waals surface area contributed by atoms with Crippen LogP contribution in [0.15, 0.2) is 12.2 Å². The molecule has 5 unspecified atom stereocenters. The van der Waals surface area contributed by atoms with E-state index in [4.69, 9.17) is 0 Å². The number of allylic oxidation sites excluding steroid dienone is 1. The summed E-state index contributed by atoms with van der Waals surface area (Å²) in [5, 5.41) is 0. The second kappa shape index (κ2) is 4.45. The van der Waals surface area contributed by atoms with Gasteiger partial charge in [0.1, 0.15) is 6.29 Å². The highest BCUT2D eigenvalue weighted by Gasteiger charge is 2.61. The van der Waals surface area contributed by atoms with Gasteiger partial charge in [-0.3, -0.25) is 0 Å². The van der Waals surface area contributed by atoms with Crippen LogP contribution in [-0.4, -0.2) is 6.29 Å². The smallest absolute Gasteiger partial charge is 0.126 e.